The van der Waals surface area contributed by atoms with Gasteiger partial charge >= 0.3 is 0 Å². The number of aromatic nitrogens is 3. The van der Waals surface area contributed by atoms with Crippen LogP contribution in [0.25, 0.3) is 5.69 Å². The zero-order valence-electron chi connectivity index (χ0n) is 12.5. The first-order valence-corrected chi connectivity index (χ1v) is 7.79. The third-order valence-electron chi connectivity index (χ3n) is 3.77. The van der Waals surface area contributed by atoms with Crippen LogP contribution >= 0.6 is 11.6 Å². The van der Waals surface area contributed by atoms with Crippen LogP contribution in [0.4, 0.5) is 5.69 Å². The van der Waals surface area contributed by atoms with Crippen molar-refractivity contribution in [1.82, 2.24) is 15.0 Å². The largest absolute Gasteiger partial charge is 0.480 e. The molecule has 4 rings (SSSR count). The standard InChI is InChI=1S/C17H13ClN4O2/c18-12-1-6-15-11(9-12)10-16(24-15)17(23)21-13-2-4-14(5-3-13)22-19-7-8-20-22/h1-9,16H,10H2,(H,21,23)/t16-/m1/s1. The Hall–Kier alpha value is -2.86. The fourth-order valence-electron chi connectivity index (χ4n) is 2.61. The zero-order valence-corrected chi connectivity index (χ0v) is 13.3. The fourth-order valence-corrected chi connectivity index (χ4v) is 2.81. The number of hydrogen-bond donors (Lipinski definition) is 1. The first-order chi connectivity index (χ1) is 11.7. The van der Waals surface area contributed by atoms with Gasteiger partial charge in [-0.25, -0.2) is 0 Å². The second-order valence-electron chi connectivity index (χ2n) is 5.42. The molecule has 1 aromatic heterocycles. The topological polar surface area (TPSA) is 69.0 Å². The summed E-state index contributed by atoms with van der Waals surface area (Å²) in [6, 6.07) is 12.6. The van der Waals surface area contributed by atoms with Crippen LogP contribution in [0.3, 0.4) is 0 Å². The van der Waals surface area contributed by atoms with Crippen molar-refractivity contribution in [1.29, 1.82) is 0 Å². The van der Waals surface area contributed by atoms with Crippen LogP contribution in [-0.4, -0.2) is 27.0 Å². The Labute approximate surface area is 143 Å². The maximum absolute atomic E-state index is 12.4. The predicted octanol–water partition coefficient (Wildman–Crippen LogP) is 2.86. The van der Waals surface area contributed by atoms with Crippen molar-refractivity contribution in [3.63, 3.8) is 0 Å². The molecule has 1 atom stereocenters. The summed E-state index contributed by atoms with van der Waals surface area (Å²) in [6.45, 7) is 0. The number of amides is 1. The molecular weight excluding hydrogens is 328 g/mol. The highest BCUT2D eigenvalue weighted by atomic mass is 35.5. The molecule has 2 aromatic carbocycles. The minimum Gasteiger partial charge on any atom is -0.480 e. The summed E-state index contributed by atoms with van der Waals surface area (Å²) < 4.78 is 5.68. The molecule has 0 bridgehead atoms. The quantitative estimate of drug-likeness (QED) is 0.796. The van der Waals surface area contributed by atoms with Crippen LogP contribution in [0.1, 0.15) is 5.56 Å². The molecule has 1 amide bonds. The first kappa shape index (κ1) is 14.7. The van der Waals surface area contributed by atoms with Gasteiger partial charge in [-0.05, 0) is 48.0 Å². The van der Waals surface area contributed by atoms with Gasteiger partial charge in [-0.1, -0.05) is 11.6 Å². The van der Waals surface area contributed by atoms with Crippen molar-refractivity contribution >= 4 is 23.2 Å². The fraction of sp³-hybridized carbons (Fsp3) is 0.118. The van der Waals surface area contributed by atoms with Crippen molar-refractivity contribution < 1.29 is 9.53 Å². The van der Waals surface area contributed by atoms with Crippen molar-refractivity contribution in [3.05, 3.63) is 65.4 Å². The lowest BCUT2D eigenvalue weighted by Crippen LogP contribution is -2.31. The molecule has 0 unspecified atom stereocenters. The molecule has 24 heavy (non-hydrogen) atoms. The Bertz CT molecular complexity index is 878. The molecular formula is C17H13ClN4O2. The maximum atomic E-state index is 12.4. The molecule has 1 N–H and O–H groups in total. The van der Waals surface area contributed by atoms with Crippen molar-refractivity contribution in [2.24, 2.45) is 0 Å². The van der Waals surface area contributed by atoms with Crippen molar-refractivity contribution in [2.75, 3.05) is 5.32 Å². The molecule has 7 heteroatoms. The van der Waals surface area contributed by atoms with Gasteiger partial charge in [0.25, 0.3) is 5.91 Å². The number of benzene rings is 2. The van der Waals surface area contributed by atoms with E-state index in [1.165, 1.54) is 4.80 Å². The monoisotopic (exact) mass is 340 g/mol. The van der Waals surface area contributed by atoms with E-state index in [0.717, 1.165) is 11.3 Å². The highest BCUT2D eigenvalue weighted by Gasteiger charge is 2.29. The van der Waals surface area contributed by atoms with Crippen LogP contribution < -0.4 is 10.1 Å². The van der Waals surface area contributed by atoms with Crippen LogP contribution in [0, 0.1) is 0 Å². The molecule has 120 valence electrons. The van der Waals surface area contributed by atoms with Crippen LogP contribution in [0.2, 0.25) is 5.02 Å². The number of rotatable bonds is 3. The molecule has 3 aromatic rings. The van der Waals surface area contributed by atoms with Gasteiger partial charge in [0.2, 0.25) is 0 Å². The minimum atomic E-state index is -0.550. The molecule has 0 spiro atoms. The third-order valence-corrected chi connectivity index (χ3v) is 4.01. The summed E-state index contributed by atoms with van der Waals surface area (Å²) in [7, 11) is 0. The number of nitrogens with one attached hydrogen (secondary N) is 1. The SMILES string of the molecule is O=C(Nc1ccc(-n2nccn2)cc1)[C@H]1Cc2cc(Cl)ccc2O1. The van der Waals surface area contributed by atoms with E-state index in [1.807, 2.05) is 18.2 Å². The van der Waals surface area contributed by atoms with Gasteiger partial charge in [0, 0.05) is 17.1 Å². The average Bonchev–Trinajstić information content (AvgIpc) is 3.24. The molecule has 6 nitrogen and oxygen atoms in total. The summed E-state index contributed by atoms with van der Waals surface area (Å²) in [5.41, 5.74) is 2.45. The smallest absolute Gasteiger partial charge is 0.265 e. The van der Waals surface area contributed by atoms with E-state index < -0.39 is 6.10 Å². The molecule has 0 fully saturated rings. The van der Waals surface area contributed by atoms with Crippen molar-refractivity contribution in [2.45, 2.75) is 12.5 Å². The highest BCUT2D eigenvalue weighted by Crippen LogP contribution is 2.31. The second-order valence-corrected chi connectivity index (χ2v) is 5.85. The molecule has 0 aliphatic carbocycles. The predicted molar refractivity (Wildman–Crippen MR) is 89.6 cm³/mol. The van der Waals surface area contributed by atoms with Gasteiger partial charge in [-0.2, -0.15) is 15.0 Å². The lowest BCUT2D eigenvalue weighted by Gasteiger charge is -2.11. The molecule has 1 aliphatic rings. The van der Waals surface area contributed by atoms with Gasteiger partial charge < -0.3 is 10.1 Å². The van der Waals surface area contributed by atoms with Crippen molar-refractivity contribution in [3.8, 4) is 11.4 Å². The zero-order chi connectivity index (χ0) is 16.5. The lowest BCUT2D eigenvalue weighted by molar-refractivity contribution is -0.122. The third kappa shape index (κ3) is 2.83. The highest BCUT2D eigenvalue weighted by molar-refractivity contribution is 6.30. The van der Waals surface area contributed by atoms with Gasteiger partial charge in [-0.3, -0.25) is 4.79 Å². The summed E-state index contributed by atoms with van der Waals surface area (Å²) in [4.78, 5) is 13.9. The van der Waals surface area contributed by atoms with E-state index in [0.29, 0.717) is 22.9 Å². The van der Waals surface area contributed by atoms with Gasteiger partial charge in [0.05, 0.1) is 18.1 Å². The molecule has 1 aliphatic heterocycles. The van der Waals surface area contributed by atoms with Crippen LogP contribution in [0.15, 0.2) is 54.9 Å². The van der Waals surface area contributed by atoms with Crippen LogP contribution in [-0.2, 0) is 11.2 Å². The number of halogens is 1. The number of fused-ring (bicyclic) bond motifs is 1. The minimum absolute atomic E-state index is 0.188. The van der Waals surface area contributed by atoms with Gasteiger partial charge in [-0.15, -0.1) is 0 Å². The van der Waals surface area contributed by atoms with E-state index in [2.05, 4.69) is 15.5 Å². The molecule has 2 heterocycles. The number of carbonyl (C=O) groups is 1. The Kier molecular flexibility index (Phi) is 3.66. The summed E-state index contributed by atoms with van der Waals surface area (Å²) >= 11 is 5.97. The van der Waals surface area contributed by atoms with E-state index in [9.17, 15) is 4.79 Å². The molecule has 0 saturated heterocycles. The van der Waals surface area contributed by atoms with Gasteiger partial charge in [0.15, 0.2) is 6.10 Å². The van der Waals surface area contributed by atoms with Crippen LogP contribution in [0.5, 0.6) is 5.75 Å². The number of nitrogens with zero attached hydrogens (tertiary/aromatic N) is 3. The number of hydrogen-bond acceptors (Lipinski definition) is 4. The molecule has 0 saturated carbocycles. The number of anilines is 1. The Morgan fingerprint density at radius 1 is 1.17 bits per heavy atom. The average molecular weight is 341 g/mol. The summed E-state index contributed by atoms with van der Waals surface area (Å²) in [5, 5.41) is 11.6. The number of carbonyl (C=O) groups excluding carboxylic acids is 1. The maximum Gasteiger partial charge on any atom is 0.265 e. The summed E-state index contributed by atoms with van der Waals surface area (Å²) in [6.07, 6.45) is 3.18. The number of ether oxygens (including phenoxy) is 1. The van der Waals surface area contributed by atoms with E-state index in [-0.39, 0.29) is 5.91 Å². The normalized spacial score (nSPS) is 15.6. The van der Waals surface area contributed by atoms with E-state index in [1.54, 1.807) is 36.7 Å². The Morgan fingerprint density at radius 3 is 2.67 bits per heavy atom. The first-order valence-electron chi connectivity index (χ1n) is 7.42. The van der Waals surface area contributed by atoms with E-state index in [4.69, 9.17) is 16.3 Å². The summed E-state index contributed by atoms with van der Waals surface area (Å²) in [5.74, 6) is 0.520. The van der Waals surface area contributed by atoms with E-state index >= 15 is 0 Å². The molecule has 0 radical (unpaired) electrons. The Balaban J connectivity index is 1.43. The Morgan fingerprint density at radius 2 is 1.92 bits per heavy atom. The van der Waals surface area contributed by atoms with Gasteiger partial charge in [0.1, 0.15) is 5.75 Å². The lowest BCUT2D eigenvalue weighted by atomic mass is 10.1. The second kappa shape index (κ2) is 5.98.